The predicted octanol–water partition coefficient (Wildman–Crippen LogP) is 2.48. The van der Waals surface area contributed by atoms with Gasteiger partial charge in [0.1, 0.15) is 11.6 Å². The summed E-state index contributed by atoms with van der Waals surface area (Å²) in [4.78, 5) is 14.2. The smallest absolute Gasteiger partial charge is 0.232 e. The van der Waals surface area contributed by atoms with Crippen LogP contribution in [-0.2, 0) is 0 Å². The summed E-state index contributed by atoms with van der Waals surface area (Å²) in [6.07, 6.45) is 3.75. The lowest BCUT2D eigenvalue weighted by Gasteiger charge is -2.36. The van der Waals surface area contributed by atoms with Crippen molar-refractivity contribution in [1.82, 2.24) is 15.3 Å². The summed E-state index contributed by atoms with van der Waals surface area (Å²) in [5.74, 6) is 3.97. The number of thiocarbonyl (C=S) groups is 1. The van der Waals surface area contributed by atoms with Crippen LogP contribution < -0.4 is 20.4 Å². The van der Waals surface area contributed by atoms with Gasteiger partial charge in [0.05, 0.1) is 0 Å². The van der Waals surface area contributed by atoms with Crippen molar-refractivity contribution in [2.45, 2.75) is 33.1 Å². The minimum Gasteiger partial charge on any atom is -0.365 e. The van der Waals surface area contributed by atoms with Gasteiger partial charge in [0.15, 0.2) is 5.11 Å². The van der Waals surface area contributed by atoms with Gasteiger partial charge < -0.3 is 20.4 Å². The van der Waals surface area contributed by atoms with Gasteiger partial charge in [-0.1, -0.05) is 13.8 Å². The van der Waals surface area contributed by atoms with Crippen LogP contribution in [0.4, 0.5) is 17.6 Å². The summed E-state index contributed by atoms with van der Waals surface area (Å²) in [7, 11) is 1.80. The summed E-state index contributed by atoms with van der Waals surface area (Å²) in [6, 6.07) is 2.14. The Morgan fingerprint density at radius 1 is 1.08 bits per heavy atom. The maximum Gasteiger partial charge on any atom is 0.232 e. The van der Waals surface area contributed by atoms with E-state index in [9.17, 15) is 0 Å². The van der Waals surface area contributed by atoms with Crippen molar-refractivity contribution >= 4 is 34.9 Å². The van der Waals surface area contributed by atoms with Gasteiger partial charge in [0.25, 0.3) is 0 Å². The van der Waals surface area contributed by atoms with E-state index in [0.717, 1.165) is 37.8 Å². The molecule has 0 bridgehead atoms. The first-order valence-corrected chi connectivity index (χ1v) is 9.33. The van der Waals surface area contributed by atoms with E-state index in [0.29, 0.717) is 22.9 Å². The number of rotatable bonds is 3. The molecule has 6 nitrogen and oxygen atoms in total. The van der Waals surface area contributed by atoms with E-state index in [2.05, 4.69) is 45.3 Å². The van der Waals surface area contributed by atoms with Crippen LogP contribution in [0.2, 0.25) is 0 Å². The lowest BCUT2D eigenvalue weighted by molar-refractivity contribution is 0.355. The largest absolute Gasteiger partial charge is 0.365 e. The third kappa shape index (κ3) is 4.06. The molecule has 0 aromatic carbocycles. The highest BCUT2D eigenvalue weighted by atomic mass is 32.1. The van der Waals surface area contributed by atoms with E-state index in [1.165, 1.54) is 19.3 Å². The Morgan fingerprint density at radius 3 is 2.25 bits per heavy atom. The fraction of sp³-hybridized carbons (Fsp3) is 0.706. The molecule has 132 valence electrons. The standard InChI is InChI=1S/C17H28N6S/c1-12-8-13(2)11-23(10-12)15-9-14(22-6-4-5-7-22)19-16(20-15)21-17(24)18-3/h9,12-13H,4-8,10-11H2,1-3H3,(H2,18,19,20,21,24)/t12-,13-/m1/s1. The molecular weight excluding hydrogens is 320 g/mol. The number of hydrogen-bond donors (Lipinski definition) is 2. The van der Waals surface area contributed by atoms with Gasteiger partial charge in [-0.15, -0.1) is 0 Å². The molecule has 1 aromatic rings. The SMILES string of the molecule is CNC(=S)Nc1nc(N2CCCC2)cc(N2C[C@H](C)C[C@@H](C)C2)n1. The summed E-state index contributed by atoms with van der Waals surface area (Å²) in [5, 5.41) is 6.57. The Hall–Kier alpha value is -1.63. The molecule has 3 heterocycles. The molecule has 0 spiro atoms. The summed E-state index contributed by atoms with van der Waals surface area (Å²) in [5.41, 5.74) is 0. The molecule has 0 saturated carbocycles. The van der Waals surface area contributed by atoms with Gasteiger partial charge in [-0.25, -0.2) is 0 Å². The molecule has 0 unspecified atom stereocenters. The molecule has 2 N–H and O–H groups in total. The molecule has 2 atom stereocenters. The van der Waals surface area contributed by atoms with Crippen molar-refractivity contribution in [2.24, 2.45) is 11.8 Å². The van der Waals surface area contributed by atoms with Crippen molar-refractivity contribution in [3.8, 4) is 0 Å². The normalized spacial score (nSPS) is 24.1. The van der Waals surface area contributed by atoms with Crippen molar-refractivity contribution < 1.29 is 0 Å². The topological polar surface area (TPSA) is 56.3 Å². The molecule has 2 aliphatic heterocycles. The highest BCUT2D eigenvalue weighted by Crippen LogP contribution is 2.29. The highest BCUT2D eigenvalue weighted by Gasteiger charge is 2.25. The van der Waals surface area contributed by atoms with Gasteiger partial charge in [-0.3, -0.25) is 0 Å². The molecule has 2 aliphatic rings. The van der Waals surface area contributed by atoms with Crippen LogP contribution in [0.25, 0.3) is 0 Å². The zero-order chi connectivity index (χ0) is 17.1. The Balaban J connectivity index is 1.89. The predicted molar refractivity (Wildman–Crippen MR) is 104 cm³/mol. The van der Waals surface area contributed by atoms with Crippen LogP contribution in [0.5, 0.6) is 0 Å². The first-order valence-electron chi connectivity index (χ1n) is 8.93. The van der Waals surface area contributed by atoms with Crippen molar-refractivity contribution in [3.63, 3.8) is 0 Å². The zero-order valence-electron chi connectivity index (χ0n) is 14.9. The third-order valence-corrected chi connectivity index (χ3v) is 5.08. The Morgan fingerprint density at radius 2 is 1.67 bits per heavy atom. The van der Waals surface area contributed by atoms with E-state index >= 15 is 0 Å². The third-order valence-electron chi connectivity index (χ3n) is 4.77. The molecular formula is C17H28N6S. The number of aromatic nitrogens is 2. The molecule has 0 aliphatic carbocycles. The molecule has 0 amide bonds. The summed E-state index contributed by atoms with van der Waals surface area (Å²) < 4.78 is 0. The van der Waals surface area contributed by atoms with Crippen LogP contribution >= 0.6 is 12.2 Å². The first-order chi connectivity index (χ1) is 11.5. The van der Waals surface area contributed by atoms with Crippen molar-refractivity contribution in [3.05, 3.63) is 6.07 Å². The first kappa shape index (κ1) is 17.2. The van der Waals surface area contributed by atoms with Crippen molar-refractivity contribution in [1.29, 1.82) is 0 Å². The fourth-order valence-electron chi connectivity index (χ4n) is 3.76. The maximum absolute atomic E-state index is 5.22. The van der Waals surface area contributed by atoms with Gasteiger partial charge >= 0.3 is 0 Å². The molecule has 0 radical (unpaired) electrons. The van der Waals surface area contributed by atoms with Crippen LogP contribution in [0, 0.1) is 11.8 Å². The Bertz CT molecular complexity index is 576. The molecule has 2 fully saturated rings. The second-order valence-corrected chi connectivity index (χ2v) is 7.57. The second kappa shape index (κ2) is 7.51. The van der Waals surface area contributed by atoms with Gasteiger partial charge in [0.2, 0.25) is 5.95 Å². The van der Waals surface area contributed by atoms with Crippen LogP contribution in [-0.4, -0.2) is 48.3 Å². The summed E-state index contributed by atoms with van der Waals surface area (Å²) in [6.45, 7) is 8.88. The zero-order valence-corrected chi connectivity index (χ0v) is 15.7. The lowest BCUT2D eigenvalue weighted by Crippen LogP contribution is -2.39. The minimum atomic E-state index is 0.542. The molecule has 1 aromatic heterocycles. The fourth-order valence-corrected chi connectivity index (χ4v) is 3.85. The maximum atomic E-state index is 5.22. The van der Waals surface area contributed by atoms with Gasteiger partial charge in [0, 0.05) is 39.3 Å². The van der Waals surface area contributed by atoms with Crippen LogP contribution in [0.3, 0.4) is 0 Å². The molecule has 3 rings (SSSR count). The van der Waals surface area contributed by atoms with Crippen LogP contribution in [0.1, 0.15) is 33.1 Å². The quantitative estimate of drug-likeness (QED) is 0.814. The number of piperidine rings is 1. The number of nitrogens with zero attached hydrogens (tertiary/aromatic N) is 4. The summed E-state index contributed by atoms with van der Waals surface area (Å²) >= 11 is 5.22. The molecule has 2 saturated heterocycles. The van der Waals surface area contributed by atoms with E-state index in [1.54, 1.807) is 7.05 Å². The average Bonchev–Trinajstić information content (AvgIpc) is 3.08. The van der Waals surface area contributed by atoms with Crippen molar-refractivity contribution in [2.75, 3.05) is 48.3 Å². The van der Waals surface area contributed by atoms with Crippen LogP contribution in [0.15, 0.2) is 6.07 Å². The lowest BCUT2D eigenvalue weighted by atomic mass is 9.92. The van der Waals surface area contributed by atoms with E-state index in [4.69, 9.17) is 17.2 Å². The number of hydrogen-bond acceptors (Lipinski definition) is 5. The monoisotopic (exact) mass is 348 g/mol. The van der Waals surface area contributed by atoms with Gasteiger partial charge in [-0.2, -0.15) is 9.97 Å². The van der Waals surface area contributed by atoms with E-state index in [-0.39, 0.29) is 0 Å². The molecule has 24 heavy (non-hydrogen) atoms. The highest BCUT2D eigenvalue weighted by molar-refractivity contribution is 7.80. The van der Waals surface area contributed by atoms with E-state index < -0.39 is 0 Å². The Labute approximate surface area is 150 Å². The second-order valence-electron chi connectivity index (χ2n) is 7.16. The van der Waals surface area contributed by atoms with Gasteiger partial charge in [-0.05, 0) is 43.3 Å². The minimum absolute atomic E-state index is 0.542. The van der Waals surface area contributed by atoms with E-state index in [1.807, 2.05) is 0 Å². The number of nitrogens with one attached hydrogen (secondary N) is 2. The average molecular weight is 349 g/mol. The molecule has 7 heteroatoms. The Kier molecular flexibility index (Phi) is 5.38. The number of anilines is 3.